The van der Waals surface area contributed by atoms with Crippen LogP contribution >= 0.6 is 0 Å². The molecular formula is C15H13NO. The predicted molar refractivity (Wildman–Crippen MR) is 68.1 cm³/mol. The quantitative estimate of drug-likeness (QED) is 0.767. The smallest absolute Gasteiger partial charge is 0.180 e. The SMILES string of the molecule is C1=NCC(c2ccccc2)(c2ccccc2)O1. The first-order valence-electron chi connectivity index (χ1n) is 5.69. The minimum Gasteiger partial charge on any atom is -0.466 e. The number of rotatable bonds is 2. The minimum atomic E-state index is -0.442. The summed E-state index contributed by atoms with van der Waals surface area (Å²) < 4.78 is 5.82. The van der Waals surface area contributed by atoms with Crippen molar-refractivity contribution in [2.45, 2.75) is 5.60 Å². The Morgan fingerprint density at radius 2 is 1.35 bits per heavy atom. The van der Waals surface area contributed by atoms with Gasteiger partial charge >= 0.3 is 0 Å². The molecule has 3 rings (SSSR count). The van der Waals surface area contributed by atoms with E-state index in [0.29, 0.717) is 6.54 Å². The molecule has 2 nitrogen and oxygen atoms in total. The fourth-order valence-corrected chi connectivity index (χ4v) is 2.23. The summed E-state index contributed by atoms with van der Waals surface area (Å²) in [5, 5.41) is 0. The highest BCUT2D eigenvalue weighted by molar-refractivity contribution is 5.55. The van der Waals surface area contributed by atoms with Crippen molar-refractivity contribution in [2.75, 3.05) is 6.54 Å². The number of aliphatic imine (C=N–C) groups is 1. The van der Waals surface area contributed by atoms with Crippen LogP contribution in [0.1, 0.15) is 11.1 Å². The molecule has 0 bridgehead atoms. The molecule has 2 aromatic carbocycles. The van der Waals surface area contributed by atoms with Crippen LogP contribution in [-0.2, 0) is 10.3 Å². The van der Waals surface area contributed by atoms with Crippen LogP contribution in [0.4, 0.5) is 0 Å². The van der Waals surface area contributed by atoms with E-state index in [-0.39, 0.29) is 0 Å². The topological polar surface area (TPSA) is 21.6 Å². The summed E-state index contributed by atoms with van der Waals surface area (Å²) in [6.07, 6.45) is 1.56. The molecule has 0 amide bonds. The van der Waals surface area contributed by atoms with Gasteiger partial charge in [-0.25, -0.2) is 0 Å². The highest BCUT2D eigenvalue weighted by Crippen LogP contribution is 2.35. The summed E-state index contributed by atoms with van der Waals surface area (Å²) in [6, 6.07) is 20.5. The molecule has 84 valence electrons. The largest absolute Gasteiger partial charge is 0.466 e. The first kappa shape index (κ1) is 10.1. The highest BCUT2D eigenvalue weighted by atomic mass is 16.5. The average Bonchev–Trinajstić information content (AvgIpc) is 2.91. The zero-order valence-electron chi connectivity index (χ0n) is 9.41. The van der Waals surface area contributed by atoms with E-state index in [9.17, 15) is 0 Å². The maximum absolute atomic E-state index is 5.82. The summed E-state index contributed by atoms with van der Waals surface area (Å²) in [6.45, 7) is 0.640. The van der Waals surface area contributed by atoms with Crippen molar-refractivity contribution >= 4 is 6.40 Å². The van der Waals surface area contributed by atoms with Gasteiger partial charge in [0.1, 0.15) is 0 Å². The van der Waals surface area contributed by atoms with E-state index in [1.54, 1.807) is 6.40 Å². The van der Waals surface area contributed by atoms with Gasteiger partial charge in [-0.15, -0.1) is 0 Å². The van der Waals surface area contributed by atoms with Gasteiger partial charge in [0.05, 0.1) is 6.54 Å². The van der Waals surface area contributed by atoms with Gasteiger partial charge in [0.25, 0.3) is 0 Å². The molecule has 1 heterocycles. The lowest BCUT2D eigenvalue weighted by Gasteiger charge is -2.28. The van der Waals surface area contributed by atoms with Crippen molar-refractivity contribution in [1.82, 2.24) is 0 Å². The summed E-state index contributed by atoms with van der Waals surface area (Å²) in [5.74, 6) is 0. The van der Waals surface area contributed by atoms with Gasteiger partial charge in [-0.3, -0.25) is 4.99 Å². The van der Waals surface area contributed by atoms with E-state index >= 15 is 0 Å². The molecule has 0 N–H and O–H groups in total. The summed E-state index contributed by atoms with van der Waals surface area (Å²) in [5.41, 5.74) is 1.84. The Labute approximate surface area is 101 Å². The van der Waals surface area contributed by atoms with Gasteiger partial charge in [0.2, 0.25) is 0 Å². The standard InChI is InChI=1S/C15H13NO/c1-3-7-13(8-4-1)15(11-16-12-17-15)14-9-5-2-6-10-14/h1-10,12H,11H2. The van der Waals surface area contributed by atoms with E-state index in [1.165, 1.54) is 0 Å². The van der Waals surface area contributed by atoms with Crippen LogP contribution < -0.4 is 0 Å². The number of nitrogens with zero attached hydrogens (tertiary/aromatic N) is 1. The van der Waals surface area contributed by atoms with Crippen LogP contribution in [0, 0.1) is 0 Å². The molecule has 1 aliphatic heterocycles. The Balaban J connectivity index is 2.12. The third-order valence-electron chi connectivity index (χ3n) is 3.12. The lowest BCUT2D eigenvalue weighted by molar-refractivity contribution is 0.140. The summed E-state index contributed by atoms with van der Waals surface area (Å²) in [4.78, 5) is 4.24. The Hall–Kier alpha value is -2.09. The molecule has 17 heavy (non-hydrogen) atoms. The number of ether oxygens (including phenoxy) is 1. The number of benzene rings is 2. The lowest BCUT2D eigenvalue weighted by Crippen LogP contribution is -2.30. The molecule has 2 aromatic rings. The van der Waals surface area contributed by atoms with Gasteiger partial charge < -0.3 is 4.74 Å². The fourth-order valence-electron chi connectivity index (χ4n) is 2.23. The molecule has 0 spiro atoms. The minimum absolute atomic E-state index is 0.442. The summed E-state index contributed by atoms with van der Waals surface area (Å²) >= 11 is 0. The van der Waals surface area contributed by atoms with Gasteiger partial charge in [-0.2, -0.15) is 0 Å². The van der Waals surface area contributed by atoms with Crippen LogP contribution in [0.2, 0.25) is 0 Å². The second kappa shape index (κ2) is 4.06. The molecule has 0 saturated heterocycles. The van der Waals surface area contributed by atoms with Crippen LogP contribution in [0.5, 0.6) is 0 Å². The first-order valence-corrected chi connectivity index (χ1v) is 5.69. The van der Waals surface area contributed by atoms with Crippen molar-refractivity contribution < 1.29 is 4.74 Å². The van der Waals surface area contributed by atoms with Gasteiger partial charge in [0, 0.05) is 11.1 Å². The molecule has 0 unspecified atom stereocenters. The molecule has 0 aliphatic carbocycles. The van der Waals surface area contributed by atoms with Gasteiger partial charge in [-0.1, -0.05) is 60.7 Å². The molecule has 0 radical (unpaired) electrons. The fraction of sp³-hybridized carbons (Fsp3) is 0.133. The highest BCUT2D eigenvalue weighted by Gasteiger charge is 2.38. The van der Waals surface area contributed by atoms with Crippen molar-refractivity contribution in [1.29, 1.82) is 0 Å². The second-order valence-electron chi connectivity index (χ2n) is 4.12. The van der Waals surface area contributed by atoms with Gasteiger partial charge in [0.15, 0.2) is 12.0 Å². The monoisotopic (exact) mass is 223 g/mol. The lowest BCUT2D eigenvalue weighted by atomic mass is 9.86. The van der Waals surface area contributed by atoms with Crippen molar-refractivity contribution in [3.63, 3.8) is 0 Å². The van der Waals surface area contributed by atoms with E-state index in [1.807, 2.05) is 36.4 Å². The predicted octanol–water partition coefficient (Wildman–Crippen LogP) is 2.99. The molecule has 0 fully saturated rings. The number of hydrogen-bond acceptors (Lipinski definition) is 2. The zero-order chi connectivity index (χ0) is 11.6. The number of hydrogen-bond donors (Lipinski definition) is 0. The normalized spacial score (nSPS) is 16.7. The van der Waals surface area contributed by atoms with Crippen LogP contribution in [0.15, 0.2) is 65.7 Å². The van der Waals surface area contributed by atoms with Crippen LogP contribution in [0.3, 0.4) is 0 Å². The maximum atomic E-state index is 5.82. The molecule has 0 aromatic heterocycles. The third-order valence-corrected chi connectivity index (χ3v) is 3.12. The maximum Gasteiger partial charge on any atom is 0.180 e. The molecule has 1 aliphatic rings. The molecule has 2 heteroatoms. The van der Waals surface area contributed by atoms with Crippen LogP contribution in [0.25, 0.3) is 0 Å². The Morgan fingerprint density at radius 3 is 1.76 bits per heavy atom. The summed E-state index contributed by atoms with van der Waals surface area (Å²) in [7, 11) is 0. The third kappa shape index (κ3) is 1.62. The second-order valence-corrected chi connectivity index (χ2v) is 4.12. The molecule has 0 saturated carbocycles. The zero-order valence-corrected chi connectivity index (χ0v) is 9.41. The van der Waals surface area contributed by atoms with E-state index in [2.05, 4.69) is 29.3 Å². The van der Waals surface area contributed by atoms with Crippen molar-refractivity contribution in [2.24, 2.45) is 4.99 Å². The van der Waals surface area contributed by atoms with E-state index in [0.717, 1.165) is 11.1 Å². The average molecular weight is 223 g/mol. The Kier molecular flexibility index (Phi) is 2.41. The Bertz CT molecular complexity index is 470. The molecule has 0 atom stereocenters. The van der Waals surface area contributed by atoms with Crippen LogP contribution in [-0.4, -0.2) is 12.9 Å². The molecular weight excluding hydrogens is 210 g/mol. The van der Waals surface area contributed by atoms with E-state index in [4.69, 9.17) is 4.74 Å². The van der Waals surface area contributed by atoms with Crippen molar-refractivity contribution in [3.05, 3.63) is 71.8 Å². The Morgan fingerprint density at radius 1 is 0.824 bits per heavy atom. The van der Waals surface area contributed by atoms with Gasteiger partial charge in [-0.05, 0) is 0 Å². The van der Waals surface area contributed by atoms with E-state index < -0.39 is 5.60 Å². The first-order chi connectivity index (χ1) is 8.42. The van der Waals surface area contributed by atoms with Crippen molar-refractivity contribution in [3.8, 4) is 0 Å².